The first-order chi connectivity index (χ1) is 12.7. The number of amides is 1. The molecule has 0 aliphatic carbocycles. The van der Waals surface area contributed by atoms with Gasteiger partial charge in [0, 0.05) is 27.2 Å². The van der Waals surface area contributed by atoms with Crippen LogP contribution >= 0.6 is 22.9 Å². The lowest BCUT2D eigenvalue weighted by molar-refractivity contribution is 0.0985. The van der Waals surface area contributed by atoms with Gasteiger partial charge in [-0.15, -0.1) is 11.3 Å². The highest BCUT2D eigenvalue weighted by atomic mass is 35.5. The van der Waals surface area contributed by atoms with Gasteiger partial charge in [0.15, 0.2) is 11.5 Å². The fourth-order valence-corrected chi connectivity index (χ4v) is 3.70. The van der Waals surface area contributed by atoms with E-state index in [4.69, 9.17) is 21.1 Å². The largest absolute Gasteiger partial charge is 0.486 e. The number of rotatable bonds is 4. The van der Waals surface area contributed by atoms with Gasteiger partial charge >= 0.3 is 0 Å². The van der Waals surface area contributed by atoms with Crippen molar-refractivity contribution >= 4 is 34.5 Å². The molecule has 0 N–H and O–H groups in total. The first-order valence-electron chi connectivity index (χ1n) is 8.20. The van der Waals surface area contributed by atoms with Crippen molar-refractivity contribution in [3.8, 4) is 11.5 Å². The van der Waals surface area contributed by atoms with Gasteiger partial charge in [0.05, 0.1) is 6.54 Å². The maximum absolute atomic E-state index is 13.2. The molecule has 4 rings (SSSR count). The van der Waals surface area contributed by atoms with E-state index in [9.17, 15) is 4.79 Å². The molecular formula is C20H16ClNO3S. The number of thiophene rings is 1. The van der Waals surface area contributed by atoms with Crippen LogP contribution in [-0.2, 0) is 6.54 Å². The fraction of sp³-hybridized carbons (Fsp3) is 0.150. The number of halogens is 1. The maximum atomic E-state index is 13.2. The molecule has 1 aliphatic rings. The Kier molecular flexibility index (Phi) is 4.82. The van der Waals surface area contributed by atoms with Gasteiger partial charge in [-0.2, -0.15) is 0 Å². The second-order valence-electron chi connectivity index (χ2n) is 5.81. The van der Waals surface area contributed by atoms with E-state index in [0.29, 0.717) is 41.8 Å². The Morgan fingerprint density at radius 1 is 1.04 bits per heavy atom. The minimum atomic E-state index is -0.113. The van der Waals surface area contributed by atoms with E-state index in [2.05, 4.69) is 0 Å². The third-order valence-electron chi connectivity index (χ3n) is 4.05. The van der Waals surface area contributed by atoms with Crippen molar-refractivity contribution in [1.29, 1.82) is 0 Å². The molecule has 2 aromatic carbocycles. The van der Waals surface area contributed by atoms with E-state index in [0.717, 1.165) is 10.6 Å². The van der Waals surface area contributed by atoms with Crippen molar-refractivity contribution in [2.24, 2.45) is 0 Å². The van der Waals surface area contributed by atoms with Gasteiger partial charge in [-0.05, 0) is 41.8 Å². The average molecular weight is 386 g/mol. The summed E-state index contributed by atoms with van der Waals surface area (Å²) >= 11 is 7.69. The first-order valence-corrected chi connectivity index (χ1v) is 9.46. The number of carbonyl (C=O) groups is 1. The molecule has 0 saturated heterocycles. The van der Waals surface area contributed by atoms with Gasteiger partial charge in [0.1, 0.15) is 13.2 Å². The molecule has 4 nitrogen and oxygen atoms in total. The second-order valence-corrected chi connectivity index (χ2v) is 7.28. The number of nitrogens with zero attached hydrogens (tertiary/aromatic N) is 1. The van der Waals surface area contributed by atoms with Crippen LogP contribution in [0.3, 0.4) is 0 Å². The van der Waals surface area contributed by atoms with Gasteiger partial charge in [0.2, 0.25) is 0 Å². The molecule has 2 heterocycles. The smallest absolute Gasteiger partial charge is 0.258 e. The Morgan fingerprint density at radius 3 is 2.65 bits per heavy atom. The molecule has 0 saturated carbocycles. The summed E-state index contributed by atoms with van der Waals surface area (Å²) in [5, 5.41) is 2.54. The van der Waals surface area contributed by atoms with Crippen LogP contribution in [-0.4, -0.2) is 19.1 Å². The lowest BCUT2D eigenvalue weighted by atomic mass is 10.1. The summed E-state index contributed by atoms with van der Waals surface area (Å²) in [4.78, 5) is 16.0. The van der Waals surface area contributed by atoms with Crippen molar-refractivity contribution in [2.45, 2.75) is 6.54 Å². The average Bonchev–Trinajstić information content (AvgIpc) is 3.18. The van der Waals surface area contributed by atoms with Gasteiger partial charge < -0.3 is 14.4 Å². The molecule has 6 heteroatoms. The number of anilines is 1. The number of benzene rings is 2. The number of hydrogen-bond acceptors (Lipinski definition) is 4. The molecule has 0 bridgehead atoms. The highest BCUT2D eigenvalue weighted by Gasteiger charge is 2.21. The molecular weight excluding hydrogens is 370 g/mol. The van der Waals surface area contributed by atoms with Crippen LogP contribution in [0.2, 0.25) is 5.02 Å². The molecule has 0 unspecified atom stereocenters. The summed E-state index contributed by atoms with van der Waals surface area (Å²) in [5.74, 6) is 1.24. The van der Waals surface area contributed by atoms with E-state index in [1.54, 1.807) is 40.5 Å². The van der Waals surface area contributed by atoms with Crippen molar-refractivity contribution in [2.75, 3.05) is 18.1 Å². The minimum Gasteiger partial charge on any atom is -0.486 e. The maximum Gasteiger partial charge on any atom is 0.258 e. The highest BCUT2D eigenvalue weighted by Crippen LogP contribution is 2.35. The van der Waals surface area contributed by atoms with E-state index in [1.807, 2.05) is 35.7 Å². The van der Waals surface area contributed by atoms with Crippen molar-refractivity contribution in [3.05, 3.63) is 75.4 Å². The zero-order valence-electron chi connectivity index (χ0n) is 13.9. The number of fused-ring (bicyclic) bond motifs is 1. The van der Waals surface area contributed by atoms with Crippen LogP contribution in [0.5, 0.6) is 11.5 Å². The predicted molar refractivity (Wildman–Crippen MR) is 104 cm³/mol. The molecule has 1 aromatic heterocycles. The van der Waals surface area contributed by atoms with Gasteiger partial charge in [0.25, 0.3) is 5.91 Å². The van der Waals surface area contributed by atoms with Crippen LogP contribution in [0.25, 0.3) is 0 Å². The number of hydrogen-bond donors (Lipinski definition) is 0. The Hall–Kier alpha value is -2.50. The standard InChI is InChI=1S/C20H16ClNO3S/c21-15-4-1-3-14(11-15)20(23)22(13-17-5-2-10-26-17)16-6-7-18-19(12-16)25-9-8-24-18/h1-7,10-12H,8-9,13H2. The van der Waals surface area contributed by atoms with Crippen LogP contribution in [0, 0.1) is 0 Å². The SMILES string of the molecule is O=C(c1cccc(Cl)c1)N(Cc1cccs1)c1ccc2c(c1)OCCO2. The summed E-state index contributed by atoms with van der Waals surface area (Å²) in [6.07, 6.45) is 0. The summed E-state index contributed by atoms with van der Waals surface area (Å²) in [6.45, 7) is 1.51. The Balaban J connectivity index is 1.72. The van der Waals surface area contributed by atoms with Crippen molar-refractivity contribution in [3.63, 3.8) is 0 Å². The predicted octanol–water partition coefficient (Wildman–Crippen LogP) is 5.02. The Bertz CT molecular complexity index is 927. The van der Waals surface area contributed by atoms with Crippen molar-refractivity contribution in [1.82, 2.24) is 0 Å². The molecule has 1 amide bonds. The Morgan fingerprint density at radius 2 is 1.88 bits per heavy atom. The van der Waals surface area contributed by atoms with Crippen LogP contribution in [0.15, 0.2) is 60.0 Å². The summed E-state index contributed by atoms with van der Waals surface area (Å²) < 4.78 is 11.3. The quantitative estimate of drug-likeness (QED) is 0.633. The van der Waals surface area contributed by atoms with Crippen LogP contribution < -0.4 is 14.4 Å². The van der Waals surface area contributed by atoms with E-state index < -0.39 is 0 Å². The lowest BCUT2D eigenvalue weighted by Gasteiger charge is -2.25. The van der Waals surface area contributed by atoms with Crippen molar-refractivity contribution < 1.29 is 14.3 Å². The molecule has 0 fully saturated rings. The zero-order chi connectivity index (χ0) is 17.9. The third kappa shape index (κ3) is 3.54. The van der Waals surface area contributed by atoms with E-state index in [-0.39, 0.29) is 5.91 Å². The highest BCUT2D eigenvalue weighted by molar-refractivity contribution is 7.09. The molecule has 26 heavy (non-hydrogen) atoms. The fourth-order valence-electron chi connectivity index (χ4n) is 2.82. The minimum absolute atomic E-state index is 0.113. The van der Waals surface area contributed by atoms with Crippen LogP contribution in [0.4, 0.5) is 5.69 Å². The normalized spacial score (nSPS) is 12.7. The zero-order valence-corrected chi connectivity index (χ0v) is 15.4. The van der Waals surface area contributed by atoms with Gasteiger partial charge in [-0.25, -0.2) is 0 Å². The molecule has 132 valence electrons. The lowest BCUT2D eigenvalue weighted by Crippen LogP contribution is -2.30. The second kappa shape index (κ2) is 7.40. The number of ether oxygens (including phenoxy) is 2. The van der Waals surface area contributed by atoms with E-state index >= 15 is 0 Å². The monoisotopic (exact) mass is 385 g/mol. The van der Waals surface area contributed by atoms with Gasteiger partial charge in [-0.3, -0.25) is 4.79 Å². The molecule has 1 aliphatic heterocycles. The first kappa shape index (κ1) is 16.9. The summed E-state index contributed by atoms with van der Waals surface area (Å²) in [5.41, 5.74) is 1.30. The topological polar surface area (TPSA) is 38.8 Å². The van der Waals surface area contributed by atoms with Crippen LogP contribution in [0.1, 0.15) is 15.2 Å². The Labute approximate surface area is 160 Å². The summed E-state index contributed by atoms with van der Waals surface area (Å²) in [6, 6.07) is 16.6. The number of carbonyl (C=O) groups excluding carboxylic acids is 1. The third-order valence-corrected chi connectivity index (χ3v) is 5.14. The molecule has 0 spiro atoms. The summed E-state index contributed by atoms with van der Waals surface area (Å²) in [7, 11) is 0. The van der Waals surface area contributed by atoms with Gasteiger partial charge in [-0.1, -0.05) is 23.7 Å². The molecule has 0 radical (unpaired) electrons. The molecule has 3 aromatic rings. The molecule has 0 atom stereocenters. The van der Waals surface area contributed by atoms with E-state index in [1.165, 1.54) is 0 Å².